The number of hydrogen-bond acceptors (Lipinski definition) is 2. The number of rotatable bonds is 3. The van der Waals surface area contributed by atoms with Crippen LogP contribution in [0.15, 0.2) is 24.4 Å². The highest BCUT2D eigenvalue weighted by Crippen LogP contribution is 2.23. The summed E-state index contributed by atoms with van der Waals surface area (Å²) in [7, 11) is 0. The Labute approximate surface area is 113 Å². The van der Waals surface area contributed by atoms with Gasteiger partial charge in [0.1, 0.15) is 0 Å². The fraction of sp³-hybridized carbons (Fsp3) is 0.357. The average molecular weight is 264 g/mol. The molecule has 96 valence electrons. The van der Waals surface area contributed by atoms with Crippen molar-refractivity contribution in [2.24, 2.45) is 0 Å². The molecule has 3 nitrogen and oxygen atoms in total. The van der Waals surface area contributed by atoms with Crippen LogP contribution in [0, 0.1) is 13.8 Å². The van der Waals surface area contributed by atoms with Crippen LogP contribution in [0.25, 0.3) is 5.69 Å². The molecular formula is C14H18ClN3. The Morgan fingerprint density at radius 3 is 2.61 bits per heavy atom. The monoisotopic (exact) mass is 263 g/mol. The van der Waals surface area contributed by atoms with E-state index in [1.54, 1.807) is 0 Å². The van der Waals surface area contributed by atoms with E-state index in [2.05, 4.69) is 24.1 Å². The minimum absolute atomic E-state index is 0.339. The molecule has 0 fully saturated rings. The number of nitrogens with zero attached hydrogens (tertiary/aromatic N) is 2. The molecule has 0 unspecified atom stereocenters. The third kappa shape index (κ3) is 2.67. The fourth-order valence-electron chi connectivity index (χ4n) is 1.79. The number of halogens is 1. The molecule has 1 heterocycles. The van der Waals surface area contributed by atoms with E-state index in [0.717, 1.165) is 27.9 Å². The first-order chi connectivity index (χ1) is 8.47. The van der Waals surface area contributed by atoms with E-state index in [-0.39, 0.29) is 0 Å². The van der Waals surface area contributed by atoms with Gasteiger partial charge in [-0.15, -0.1) is 0 Å². The van der Waals surface area contributed by atoms with E-state index < -0.39 is 0 Å². The second-order valence-electron chi connectivity index (χ2n) is 4.81. The van der Waals surface area contributed by atoms with E-state index in [9.17, 15) is 0 Å². The number of benzene rings is 1. The summed E-state index contributed by atoms with van der Waals surface area (Å²) in [5, 5.41) is 4.11. The van der Waals surface area contributed by atoms with Crippen molar-refractivity contribution in [1.82, 2.24) is 9.55 Å². The molecule has 18 heavy (non-hydrogen) atoms. The molecule has 0 amide bonds. The molecule has 1 aromatic carbocycles. The Balaban J connectivity index is 2.45. The van der Waals surface area contributed by atoms with Crippen LogP contribution < -0.4 is 5.32 Å². The fourth-order valence-corrected chi connectivity index (χ4v) is 1.96. The van der Waals surface area contributed by atoms with Crippen LogP contribution in [0.4, 0.5) is 5.95 Å². The first-order valence-electron chi connectivity index (χ1n) is 6.06. The molecule has 0 saturated carbocycles. The van der Waals surface area contributed by atoms with E-state index in [1.807, 2.05) is 42.8 Å². The molecule has 0 atom stereocenters. The van der Waals surface area contributed by atoms with Crippen molar-refractivity contribution in [2.45, 2.75) is 33.7 Å². The molecule has 0 spiro atoms. The highest BCUT2D eigenvalue weighted by atomic mass is 35.5. The van der Waals surface area contributed by atoms with E-state index >= 15 is 0 Å². The van der Waals surface area contributed by atoms with Crippen molar-refractivity contribution in [1.29, 1.82) is 0 Å². The van der Waals surface area contributed by atoms with Gasteiger partial charge < -0.3 is 5.32 Å². The molecule has 4 heteroatoms. The van der Waals surface area contributed by atoms with Crippen LogP contribution in [0.3, 0.4) is 0 Å². The first kappa shape index (κ1) is 13.0. The number of anilines is 1. The van der Waals surface area contributed by atoms with Gasteiger partial charge in [0.15, 0.2) is 0 Å². The number of nitrogens with one attached hydrogen (secondary N) is 1. The van der Waals surface area contributed by atoms with E-state index in [0.29, 0.717) is 6.04 Å². The zero-order chi connectivity index (χ0) is 13.3. The van der Waals surface area contributed by atoms with E-state index in [1.165, 1.54) is 0 Å². The van der Waals surface area contributed by atoms with Crippen molar-refractivity contribution < 1.29 is 0 Å². The van der Waals surface area contributed by atoms with Crippen molar-refractivity contribution in [2.75, 3.05) is 5.32 Å². The quantitative estimate of drug-likeness (QED) is 0.908. The van der Waals surface area contributed by atoms with Crippen molar-refractivity contribution in [3.05, 3.63) is 40.7 Å². The molecule has 0 bridgehead atoms. The van der Waals surface area contributed by atoms with Crippen molar-refractivity contribution in [3.63, 3.8) is 0 Å². The lowest BCUT2D eigenvalue weighted by atomic mass is 10.2. The van der Waals surface area contributed by atoms with Crippen LogP contribution in [0.2, 0.25) is 5.02 Å². The van der Waals surface area contributed by atoms with Gasteiger partial charge in [-0.05, 0) is 45.4 Å². The molecule has 1 aromatic heterocycles. The number of hydrogen-bond donors (Lipinski definition) is 1. The topological polar surface area (TPSA) is 29.9 Å². The van der Waals surface area contributed by atoms with E-state index in [4.69, 9.17) is 11.6 Å². The summed E-state index contributed by atoms with van der Waals surface area (Å²) in [4.78, 5) is 4.49. The molecular weight excluding hydrogens is 246 g/mol. The lowest BCUT2D eigenvalue weighted by Crippen LogP contribution is -2.13. The molecule has 0 aliphatic rings. The van der Waals surface area contributed by atoms with Gasteiger partial charge in [0.2, 0.25) is 5.95 Å². The summed E-state index contributed by atoms with van der Waals surface area (Å²) in [6, 6.07) is 6.37. The van der Waals surface area contributed by atoms with Crippen LogP contribution in [0.5, 0.6) is 0 Å². The summed E-state index contributed by atoms with van der Waals surface area (Å²) < 4.78 is 2.03. The Kier molecular flexibility index (Phi) is 3.62. The lowest BCUT2D eigenvalue weighted by Gasteiger charge is -2.12. The summed E-state index contributed by atoms with van der Waals surface area (Å²) >= 11 is 6.17. The number of aromatic nitrogens is 2. The zero-order valence-corrected chi connectivity index (χ0v) is 11.9. The maximum atomic E-state index is 6.17. The Morgan fingerprint density at radius 1 is 1.28 bits per heavy atom. The van der Waals surface area contributed by atoms with Gasteiger partial charge in [-0.25, -0.2) is 4.98 Å². The molecule has 0 aliphatic carbocycles. The molecule has 0 aliphatic heterocycles. The third-order valence-corrected chi connectivity index (χ3v) is 3.08. The van der Waals surface area contributed by atoms with Crippen LogP contribution >= 0.6 is 11.6 Å². The second kappa shape index (κ2) is 5.02. The van der Waals surface area contributed by atoms with Gasteiger partial charge in [0.05, 0.1) is 5.69 Å². The first-order valence-corrected chi connectivity index (χ1v) is 6.44. The summed E-state index contributed by atoms with van der Waals surface area (Å²) in [6.45, 7) is 8.17. The minimum Gasteiger partial charge on any atom is -0.353 e. The van der Waals surface area contributed by atoms with Gasteiger partial charge in [-0.1, -0.05) is 17.7 Å². The molecule has 0 radical (unpaired) electrons. The summed E-state index contributed by atoms with van der Waals surface area (Å²) in [6.07, 6.45) is 2.01. The van der Waals surface area contributed by atoms with Crippen molar-refractivity contribution >= 4 is 17.5 Å². The molecule has 1 N–H and O–H groups in total. The van der Waals surface area contributed by atoms with Gasteiger partial charge in [-0.2, -0.15) is 0 Å². The lowest BCUT2D eigenvalue weighted by molar-refractivity contribution is 0.864. The standard InChI is InChI=1S/C14H18ClN3/c1-9(2)16-14-17-11(4)8-18(14)12-6-5-10(3)13(15)7-12/h5-9H,1-4H3,(H,16,17). The summed E-state index contributed by atoms with van der Waals surface area (Å²) in [5.41, 5.74) is 3.08. The Bertz CT molecular complexity index is 558. The maximum absolute atomic E-state index is 6.17. The van der Waals surface area contributed by atoms with Gasteiger partial charge in [0.25, 0.3) is 0 Å². The van der Waals surface area contributed by atoms with Crippen LogP contribution in [-0.2, 0) is 0 Å². The Morgan fingerprint density at radius 2 is 2.00 bits per heavy atom. The predicted octanol–water partition coefficient (Wildman–Crippen LogP) is 3.96. The molecule has 2 aromatic rings. The highest BCUT2D eigenvalue weighted by Gasteiger charge is 2.09. The Hall–Kier alpha value is -1.48. The van der Waals surface area contributed by atoms with Crippen LogP contribution in [-0.4, -0.2) is 15.6 Å². The highest BCUT2D eigenvalue weighted by molar-refractivity contribution is 6.31. The predicted molar refractivity (Wildman–Crippen MR) is 76.8 cm³/mol. The SMILES string of the molecule is Cc1cn(-c2ccc(C)c(Cl)c2)c(NC(C)C)n1. The normalized spacial score (nSPS) is 11.0. The van der Waals surface area contributed by atoms with Gasteiger partial charge in [-0.3, -0.25) is 4.57 Å². The maximum Gasteiger partial charge on any atom is 0.207 e. The molecule has 0 saturated heterocycles. The third-order valence-electron chi connectivity index (χ3n) is 2.68. The number of aryl methyl sites for hydroxylation is 2. The van der Waals surface area contributed by atoms with Gasteiger partial charge in [0, 0.05) is 22.9 Å². The average Bonchev–Trinajstić information content (AvgIpc) is 2.62. The van der Waals surface area contributed by atoms with Crippen LogP contribution in [0.1, 0.15) is 25.1 Å². The number of imidazole rings is 1. The van der Waals surface area contributed by atoms with Crippen molar-refractivity contribution in [3.8, 4) is 5.69 Å². The molecule has 2 rings (SSSR count). The zero-order valence-electron chi connectivity index (χ0n) is 11.2. The van der Waals surface area contributed by atoms with Gasteiger partial charge >= 0.3 is 0 Å². The summed E-state index contributed by atoms with van der Waals surface area (Å²) in [5.74, 6) is 0.849. The second-order valence-corrected chi connectivity index (χ2v) is 5.22. The largest absolute Gasteiger partial charge is 0.353 e. The minimum atomic E-state index is 0.339. The smallest absolute Gasteiger partial charge is 0.207 e.